The number of unbranched alkanes of at least 4 members (excludes halogenated alkanes) is 5. The zero-order chi connectivity index (χ0) is 9.23. The lowest BCUT2D eigenvalue weighted by molar-refractivity contribution is 0.433. The Balaban J connectivity index is 2.95. The number of hydrogen-bond acceptors (Lipinski definition) is 2. The van der Waals surface area contributed by atoms with Gasteiger partial charge in [0.2, 0.25) is 0 Å². The van der Waals surface area contributed by atoms with Crippen molar-refractivity contribution in [2.45, 2.75) is 45.4 Å². The Labute approximate surface area is 76.5 Å². The maximum absolute atomic E-state index is 10.2. The molecule has 0 atom stereocenters. The maximum Gasteiger partial charge on any atom is 0.263 e. The summed E-state index contributed by atoms with van der Waals surface area (Å²) in [6.45, 7) is 2.94. The van der Waals surface area contributed by atoms with E-state index in [0.717, 1.165) is 13.0 Å². The molecule has 0 bridgehead atoms. The minimum Gasteiger partial charge on any atom is -0.258 e. The van der Waals surface area contributed by atoms with Crippen molar-refractivity contribution >= 4 is 8.61 Å². The van der Waals surface area contributed by atoms with E-state index < -0.39 is 0 Å². The van der Waals surface area contributed by atoms with Gasteiger partial charge < -0.3 is 0 Å². The quantitative estimate of drug-likeness (QED) is 0.277. The molecule has 0 fully saturated rings. The zero-order valence-corrected chi connectivity index (χ0v) is 8.72. The normalized spacial score (nSPS) is 11.2. The third kappa shape index (κ3) is 8.12. The molecule has 0 aliphatic heterocycles. The van der Waals surface area contributed by atoms with Crippen molar-refractivity contribution in [3.05, 3.63) is 0 Å². The van der Waals surface area contributed by atoms with Gasteiger partial charge in [-0.25, -0.2) is 0 Å². The monoisotopic (exact) mass is 190 g/mol. The van der Waals surface area contributed by atoms with E-state index >= 15 is 0 Å². The smallest absolute Gasteiger partial charge is 0.258 e. The van der Waals surface area contributed by atoms with E-state index in [2.05, 4.69) is 6.92 Å². The van der Waals surface area contributed by atoms with Gasteiger partial charge in [-0.15, -0.1) is 0 Å². The summed E-state index contributed by atoms with van der Waals surface area (Å²) in [6.07, 6.45) is 7.45. The van der Waals surface area contributed by atoms with Crippen LogP contribution in [0.1, 0.15) is 45.4 Å². The molecule has 0 aromatic rings. The van der Waals surface area contributed by atoms with Gasteiger partial charge in [0, 0.05) is 6.54 Å². The van der Waals surface area contributed by atoms with Gasteiger partial charge in [-0.1, -0.05) is 39.0 Å². The van der Waals surface area contributed by atoms with E-state index in [4.69, 9.17) is 5.84 Å². The Hall–Kier alpha value is 0.0200. The number of rotatable bonds is 8. The minimum atomic E-state index is -0.0705. The molecule has 0 spiro atoms. The van der Waals surface area contributed by atoms with E-state index in [9.17, 15) is 4.57 Å². The van der Waals surface area contributed by atoms with Gasteiger partial charge in [0.1, 0.15) is 0 Å². The van der Waals surface area contributed by atoms with Crippen molar-refractivity contribution in [1.29, 1.82) is 0 Å². The second-order valence-corrected chi connectivity index (χ2v) is 3.69. The lowest BCUT2D eigenvalue weighted by Gasteiger charge is -2.05. The van der Waals surface area contributed by atoms with E-state index in [1.54, 1.807) is 0 Å². The minimum absolute atomic E-state index is 0.0705. The van der Waals surface area contributed by atoms with Gasteiger partial charge in [0.15, 0.2) is 0 Å². The number of hydrogen-bond donors (Lipinski definition) is 1. The third-order valence-electron chi connectivity index (χ3n) is 1.85. The molecule has 0 aromatic heterocycles. The molecule has 0 amide bonds. The first-order valence-corrected chi connectivity index (χ1v) is 5.43. The average molecular weight is 190 g/mol. The molecule has 2 N–H and O–H groups in total. The largest absolute Gasteiger partial charge is 0.263 e. The van der Waals surface area contributed by atoms with Crippen LogP contribution in [0.25, 0.3) is 0 Å². The SMILES string of the molecule is CCCCCCCCN(N)P=O. The van der Waals surface area contributed by atoms with Gasteiger partial charge in [0.05, 0.1) is 0 Å². The highest BCUT2D eigenvalue weighted by atomic mass is 31.1. The van der Waals surface area contributed by atoms with Crippen LogP contribution in [0.2, 0.25) is 0 Å². The Morgan fingerprint density at radius 2 is 1.75 bits per heavy atom. The second kappa shape index (κ2) is 9.11. The first-order valence-electron chi connectivity index (χ1n) is 4.66. The summed E-state index contributed by atoms with van der Waals surface area (Å²) in [7, 11) is -0.0705. The molecule has 0 aliphatic carbocycles. The summed E-state index contributed by atoms with van der Waals surface area (Å²) in [5.74, 6) is 5.32. The molecule has 72 valence electrons. The number of nitrogens with two attached hydrogens (primary N) is 1. The zero-order valence-electron chi connectivity index (χ0n) is 7.83. The first kappa shape index (κ1) is 12.0. The average Bonchev–Trinajstić information content (AvgIpc) is 2.10. The standard InChI is InChI=1S/C8H19N2OP/c1-2-3-4-5-6-7-8-10(9)12-11/h2-9H2,1H3. The van der Waals surface area contributed by atoms with Crippen LogP contribution in [-0.4, -0.2) is 11.3 Å². The molecule has 0 heterocycles. The molecule has 0 saturated carbocycles. The fourth-order valence-corrected chi connectivity index (χ4v) is 1.32. The van der Waals surface area contributed by atoms with Crippen LogP contribution in [0.4, 0.5) is 0 Å². The molecule has 0 rings (SSSR count). The fourth-order valence-electron chi connectivity index (χ4n) is 1.09. The number of hydrazine groups is 1. The molecule has 4 heteroatoms. The van der Waals surface area contributed by atoms with Gasteiger partial charge in [0.25, 0.3) is 8.61 Å². The van der Waals surface area contributed by atoms with Crippen LogP contribution < -0.4 is 5.84 Å². The van der Waals surface area contributed by atoms with Gasteiger partial charge in [-0.2, -0.15) is 4.78 Å². The highest BCUT2D eigenvalue weighted by molar-refractivity contribution is 7.20. The fraction of sp³-hybridized carbons (Fsp3) is 1.00. The molecule has 12 heavy (non-hydrogen) atoms. The van der Waals surface area contributed by atoms with Crippen LogP contribution in [0.15, 0.2) is 0 Å². The summed E-state index contributed by atoms with van der Waals surface area (Å²) in [5.41, 5.74) is 0. The molecule has 3 nitrogen and oxygen atoms in total. The van der Waals surface area contributed by atoms with Crippen molar-refractivity contribution < 1.29 is 4.57 Å². The van der Waals surface area contributed by atoms with Crippen molar-refractivity contribution in [2.24, 2.45) is 5.84 Å². The molecule has 0 saturated heterocycles. The molecule has 0 unspecified atom stereocenters. The van der Waals surface area contributed by atoms with Crippen LogP contribution in [0.3, 0.4) is 0 Å². The maximum atomic E-state index is 10.2. The van der Waals surface area contributed by atoms with Gasteiger partial charge in [-0.05, 0) is 6.42 Å². The van der Waals surface area contributed by atoms with Crippen LogP contribution in [0, 0.1) is 0 Å². The van der Waals surface area contributed by atoms with Crippen molar-refractivity contribution in [1.82, 2.24) is 4.78 Å². The van der Waals surface area contributed by atoms with Crippen LogP contribution >= 0.6 is 8.61 Å². The summed E-state index contributed by atoms with van der Waals surface area (Å²) >= 11 is 0. The Morgan fingerprint density at radius 1 is 1.17 bits per heavy atom. The molecular weight excluding hydrogens is 171 g/mol. The number of nitrogens with zero attached hydrogens (tertiary/aromatic N) is 1. The first-order chi connectivity index (χ1) is 5.81. The highest BCUT2D eigenvalue weighted by Gasteiger charge is 1.95. The summed E-state index contributed by atoms with van der Waals surface area (Å²) < 4.78 is 11.5. The predicted octanol–water partition coefficient (Wildman–Crippen LogP) is 2.73. The molecule has 0 aliphatic rings. The Bertz CT molecular complexity index is 111. The lowest BCUT2D eigenvalue weighted by Crippen LogP contribution is -2.21. The third-order valence-corrected chi connectivity index (χ3v) is 2.26. The summed E-state index contributed by atoms with van der Waals surface area (Å²) in [5, 5.41) is 0. The van der Waals surface area contributed by atoms with Gasteiger partial charge >= 0.3 is 0 Å². The molecule has 0 aromatic carbocycles. The summed E-state index contributed by atoms with van der Waals surface area (Å²) in [4.78, 5) is 0. The lowest BCUT2D eigenvalue weighted by atomic mass is 10.1. The van der Waals surface area contributed by atoms with E-state index in [1.807, 2.05) is 0 Å². The van der Waals surface area contributed by atoms with Crippen molar-refractivity contribution in [3.8, 4) is 0 Å². The molecular formula is C8H19N2OP. The Kier molecular flexibility index (Phi) is 9.13. The van der Waals surface area contributed by atoms with Crippen LogP contribution in [-0.2, 0) is 4.57 Å². The Morgan fingerprint density at radius 3 is 2.33 bits per heavy atom. The van der Waals surface area contributed by atoms with E-state index in [-0.39, 0.29) is 8.61 Å². The summed E-state index contributed by atoms with van der Waals surface area (Å²) in [6, 6.07) is 0. The second-order valence-electron chi connectivity index (χ2n) is 3.01. The van der Waals surface area contributed by atoms with E-state index in [1.165, 1.54) is 36.9 Å². The van der Waals surface area contributed by atoms with Gasteiger partial charge in [-0.3, -0.25) is 10.4 Å². The highest BCUT2D eigenvalue weighted by Crippen LogP contribution is 2.06. The van der Waals surface area contributed by atoms with E-state index in [0.29, 0.717) is 0 Å². The topological polar surface area (TPSA) is 46.3 Å². The molecule has 0 radical (unpaired) electrons. The predicted molar refractivity (Wildman–Crippen MR) is 51.9 cm³/mol. The van der Waals surface area contributed by atoms with Crippen molar-refractivity contribution in [2.75, 3.05) is 6.54 Å². The van der Waals surface area contributed by atoms with Crippen LogP contribution in [0.5, 0.6) is 0 Å². The van der Waals surface area contributed by atoms with Crippen molar-refractivity contribution in [3.63, 3.8) is 0 Å².